The van der Waals surface area contributed by atoms with E-state index in [0.717, 1.165) is 12.0 Å². The smallest absolute Gasteiger partial charge is 0.253 e. The van der Waals surface area contributed by atoms with Crippen molar-refractivity contribution in [1.29, 1.82) is 0 Å². The topological polar surface area (TPSA) is 20.3 Å². The monoisotopic (exact) mass is 283 g/mol. The van der Waals surface area contributed by atoms with Crippen molar-refractivity contribution in [3.8, 4) is 0 Å². The van der Waals surface area contributed by atoms with Crippen molar-refractivity contribution in [2.75, 3.05) is 13.6 Å². The lowest BCUT2D eigenvalue weighted by Gasteiger charge is -2.18. The first-order valence-corrected chi connectivity index (χ1v) is 6.44. The number of carbonyl (C=O) groups excluding carboxylic acids is 1. The molecule has 0 spiro atoms. The molecule has 0 N–H and O–H groups in total. The van der Waals surface area contributed by atoms with Crippen LogP contribution in [0.15, 0.2) is 24.3 Å². The molecule has 1 aromatic carbocycles. The molecule has 1 unspecified atom stereocenters. The Kier molecular flexibility index (Phi) is 5.00. The van der Waals surface area contributed by atoms with Gasteiger partial charge in [0.25, 0.3) is 5.91 Å². The second kappa shape index (κ2) is 6.04. The Morgan fingerprint density at radius 3 is 2.38 bits per heavy atom. The number of rotatable bonds is 4. The number of hydrogen-bond acceptors (Lipinski definition) is 1. The Morgan fingerprint density at radius 2 is 1.94 bits per heavy atom. The third kappa shape index (κ3) is 3.63. The molecule has 0 fully saturated rings. The number of aryl methyl sites for hydroxylation is 1. The van der Waals surface area contributed by atoms with Crippen LogP contribution in [0.25, 0.3) is 0 Å². The minimum absolute atomic E-state index is 0.0777. The van der Waals surface area contributed by atoms with Crippen LogP contribution in [0.4, 0.5) is 0 Å². The molecule has 0 aliphatic carbocycles. The molecule has 1 amide bonds. The van der Waals surface area contributed by atoms with Gasteiger partial charge < -0.3 is 4.90 Å². The van der Waals surface area contributed by atoms with Gasteiger partial charge in [-0.25, -0.2) is 0 Å². The van der Waals surface area contributed by atoms with Gasteiger partial charge in [-0.3, -0.25) is 4.79 Å². The van der Waals surface area contributed by atoms with Gasteiger partial charge in [-0.1, -0.05) is 41.9 Å². The van der Waals surface area contributed by atoms with Crippen molar-refractivity contribution in [3.63, 3.8) is 0 Å². The fraction of sp³-hybridized carbons (Fsp3) is 0.462. The molecular weight excluding hydrogens is 266 g/mol. The number of hydrogen-bond donors (Lipinski definition) is 0. The van der Waals surface area contributed by atoms with E-state index in [1.54, 1.807) is 4.90 Å². The summed E-state index contributed by atoms with van der Waals surface area (Å²) in [6.45, 7) is 4.85. The van der Waals surface area contributed by atoms with E-state index < -0.39 is 0 Å². The average molecular weight is 284 g/mol. The molecule has 0 aliphatic rings. The summed E-state index contributed by atoms with van der Waals surface area (Å²) >= 11 is 3.44. The van der Waals surface area contributed by atoms with Crippen LogP contribution in [-0.2, 0) is 6.42 Å². The number of benzene rings is 1. The molecule has 1 rings (SSSR count). The summed E-state index contributed by atoms with van der Waals surface area (Å²) in [6.07, 6.45) is 1.00. The quantitative estimate of drug-likeness (QED) is 0.778. The molecule has 0 bridgehead atoms. The lowest BCUT2D eigenvalue weighted by Crippen LogP contribution is -2.31. The number of halogens is 1. The van der Waals surface area contributed by atoms with Gasteiger partial charge in [0.2, 0.25) is 0 Å². The van der Waals surface area contributed by atoms with Crippen LogP contribution in [0.2, 0.25) is 0 Å². The van der Waals surface area contributed by atoms with E-state index in [4.69, 9.17) is 0 Å². The lowest BCUT2D eigenvalue weighted by atomic mass is 10.1. The zero-order valence-electron chi connectivity index (χ0n) is 10.0. The Hall–Kier alpha value is -0.830. The van der Waals surface area contributed by atoms with Crippen LogP contribution in [0.5, 0.6) is 0 Å². The van der Waals surface area contributed by atoms with E-state index in [1.165, 1.54) is 5.56 Å². The highest BCUT2D eigenvalue weighted by Crippen LogP contribution is 2.09. The SMILES string of the molecule is CCc1ccc(C(=O)N(C)CC(C)Br)cc1. The predicted molar refractivity (Wildman–Crippen MR) is 71.2 cm³/mol. The van der Waals surface area contributed by atoms with Gasteiger partial charge >= 0.3 is 0 Å². The molecule has 0 heterocycles. The Balaban J connectivity index is 2.72. The molecule has 1 atom stereocenters. The summed E-state index contributed by atoms with van der Waals surface area (Å²) < 4.78 is 0. The standard InChI is InChI=1S/C13H18BrNO/c1-4-11-5-7-12(8-6-11)13(16)15(3)9-10(2)14/h5-8,10H,4,9H2,1-3H3. The van der Waals surface area contributed by atoms with Crippen LogP contribution in [0.1, 0.15) is 29.8 Å². The molecule has 0 aliphatic heterocycles. The van der Waals surface area contributed by atoms with Gasteiger partial charge in [0, 0.05) is 24.0 Å². The highest BCUT2D eigenvalue weighted by molar-refractivity contribution is 9.09. The maximum absolute atomic E-state index is 12.0. The van der Waals surface area contributed by atoms with E-state index in [0.29, 0.717) is 11.4 Å². The first-order chi connectivity index (χ1) is 7.54. The summed E-state index contributed by atoms with van der Waals surface area (Å²) in [5, 5.41) is 0. The van der Waals surface area contributed by atoms with Gasteiger partial charge in [-0.05, 0) is 24.1 Å². The van der Waals surface area contributed by atoms with E-state index >= 15 is 0 Å². The molecule has 1 aromatic rings. The van der Waals surface area contributed by atoms with Crippen molar-refractivity contribution < 1.29 is 4.79 Å². The van der Waals surface area contributed by atoms with Crippen molar-refractivity contribution in [3.05, 3.63) is 35.4 Å². The van der Waals surface area contributed by atoms with Crippen LogP contribution in [-0.4, -0.2) is 29.2 Å². The van der Waals surface area contributed by atoms with Gasteiger partial charge in [0.1, 0.15) is 0 Å². The van der Waals surface area contributed by atoms with E-state index in [2.05, 4.69) is 22.9 Å². The third-order valence-electron chi connectivity index (χ3n) is 2.48. The molecule has 16 heavy (non-hydrogen) atoms. The second-order valence-electron chi connectivity index (χ2n) is 4.02. The number of nitrogens with zero attached hydrogens (tertiary/aromatic N) is 1. The van der Waals surface area contributed by atoms with Crippen molar-refractivity contribution in [2.24, 2.45) is 0 Å². The number of amides is 1. The zero-order valence-corrected chi connectivity index (χ0v) is 11.6. The lowest BCUT2D eigenvalue weighted by molar-refractivity contribution is 0.0797. The molecule has 0 saturated carbocycles. The summed E-state index contributed by atoms with van der Waals surface area (Å²) in [5.41, 5.74) is 2.01. The summed E-state index contributed by atoms with van der Waals surface area (Å²) in [5.74, 6) is 0.0777. The average Bonchev–Trinajstić information content (AvgIpc) is 2.27. The molecule has 0 aromatic heterocycles. The van der Waals surface area contributed by atoms with Gasteiger partial charge in [0.15, 0.2) is 0 Å². The fourth-order valence-electron chi connectivity index (χ4n) is 1.56. The minimum Gasteiger partial charge on any atom is -0.341 e. The van der Waals surface area contributed by atoms with Gasteiger partial charge in [-0.2, -0.15) is 0 Å². The minimum atomic E-state index is 0.0777. The first kappa shape index (κ1) is 13.2. The fourth-order valence-corrected chi connectivity index (χ4v) is 2.00. The third-order valence-corrected chi connectivity index (χ3v) is 2.77. The van der Waals surface area contributed by atoms with Gasteiger partial charge in [0.05, 0.1) is 0 Å². The van der Waals surface area contributed by atoms with Crippen molar-refractivity contribution in [2.45, 2.75) is 25.1 Å². The van der Waals surface area contributed by atoms with Crippen LogP contribution < -0.4 is 0 Å². The molecule has 88 valence electrons. The molecule has 0 radical (unpaired) electrons. The highest BCUT2D eigenvalue weighted by atomic mass is 79.9. The Bertz CT molecular complexity index is 345. The molecular formula is C13H18BrNO. The van der Waals surface area contributed by atoms with E-state index in [1.807, 2.05) is 38.2 Å². The molecule has 0 saturated heterocycles. The Morgan fingerprint density at radius 1 is 1.38 bits per heavy atom. The summed E-state index contributed by atoms with van der Waals surface area (Å²) in [6, 6.07) is 7.82. The van der Waals surface area contributed by atoms with Crippen LogP contribution in [0.3, 0.4) is 0 Å². The molecule has 2 nitrogen and oxygen atoms in total. The summed E-state index contributed by atoms with van der Waals surface area (Å²) in [7, 11) is 1.83. The highest BCUT2D eigenvalue weighted by Gasteiger charge is 2.12. The van der Waals surface area contributed by atoms with Crippen molar-refractivity contribution >= 4 is 21.8 Å². The normalized spacial score (nSPS) is 12.2. The maximum atomic E-state index is 12.0. The summed E-state index contributed by atoms with van der Waals surface area (Å²) in [4.78, 5) is 14.0. The van der Waals surface area contributed by atoms with Gasteiger partial charge in [-0.15, -0.1) is 0 Å². The largest absolute Gasteiger partial charge is 0.341 e. The first-order valence-electron chi connectivity index (χ1n) is 5.53. The second-order valence-corrected chi connectivity index (χ2v) is 5.58. The Labute approximate surface area is 106 Å². The van der Waals surface area contributed by atoms with Crippen LogP contribution in [0, 0.1) is 0 Å². The van der Waals surface area contributed by atoms with Crippen molar-refractivity contribution in [1.82, 2.24) is 4.90 Å². The maximum Gasteiger partial charge on any atom is 0.253 e. The van der Waals surface area contributed by atoms with Crippen LogP contribution >= 0.6 is 15.9 Å². The van der Waals surface area contributed by atoms with E-state index in [9.17, 15) is 4.79 Å². The number of alkyl halides is 1. The zero-order chi connectivity index (χ0) is 12.1. The molecule has 3 heteroatoms. The predicted octanol–water partition coefficient (Wildman–Crippen LogP) is 3.10. The van der Waals surface area contributed by atoms with E-state index in [-0.39, 0.29) is 5.91 Å². The number of carbonyl (C=O) groups is 1.